The van der Waals surface area contributed by atoms with E-state index in [0.717, 1.165) is 25.0 Å². The highest BCUT2D eigenvalue weighted by molar-refractivity contribution is 6.34. The molecule has 1 fully saturated rings. The maximum atomic E-state index is 12.2. The average molecular weight is 422 g/mol. The van der Waals surface area contributed by atoms with E-state index in [0.29, 0.717) is 24.9 Å². The van der Waals surface area contributed by atoms with Crippen molar-refractivity contribution in [3.8, 4) is 5.88 Å². The van der Waals surface area contributed by atoms with Crippen molar-refractivity contribution in [2.75, 3.05) is 44.4 Å². The SMILES string of the molecule is Cc1nc(OCCNC(=O)c2ccc([N+](=O)[O-])cc2Cl)cc(N2CCOCC2)n1. The van der Waals surface area contributed by atoms with Gasteiger partial charge in [-0.25, -0.2) is 4.98 Å². The number of aromatic nitrogens is 2. The van der Waals surface area contributed by atoms with Crippen LogP contribution >= 0.6 is 11.6 Å². The van der Waals surface area contributed by atoms with Crippen LogP contribution in [0.25, 0.3) is 0 Å². The molecule has 0 unspecified atom stereocenters. The van der Waals surface area contributed by atoms with E-state index in [1.165, 1.54) is 12.1 Å². The van der Waals surface area contributed by atoms with E-state index in [2.05, 4.69) is 20.2 Å². The van der Waals surface area contributed by atoms with Gasteiger partial charge < -0.3 is 19.7 Å². The van der Waals surface area contributed by atoms with Gasteiger partial charge in [0, 0.05) is 31.3 Å². The Balaban J connectivity index is 1.53. The average Bonchev–Trinajstić information content (AvgIpc) is 2.71. The summed E-state index contributed by atoms with van der Waals surface area (Å²) < 4.78 is 11.0. The molecule has 0 saturated carbocycles. The van der Waals surface area contributed by atoms with Crippen molar-refractivity contribution in [1.82, 2.24) is 15.3 Å². The number of rotatable bonds is 7. The zero-order valence-corrected chi connectivity index (χ0v) is 16.5. The Kier molecular flexibility index (Phi) is 6.78. The quantitative estimate of drug-likeness (QED) is 0.409. The van der Waals surface area contributed by atoms with Crippen molar-refractivity contribution in [3.05, 3.63) is 50.8 Å². The van der Waals surface area contributed by atoms with Crippen LogP contribution in [0.1, 0.15) is 16.2 Å². The first-order valence-corrected chi connectivity index (χ1v) is 9.35. The Hall–Kier alpha value is -2.98. The molecule has 1 N–H and O–H groups in total. The molecule has 11 heteroatoms. The van der Waals surface area contributed by atoms with Gasteiger partial charge in [-0.2, -0.15) is 4.98 Å². The van der Waals surface area contributed by atoms with Crippen LogP contribution in [-0.2, 0) is 4.74 Å². The molecule has 0 atom stereocenters. The van der Waals surface area contributed by atoms with Crippen LogP contribution in [0.4, 0.5) is 11.5 Å². The molecule has 1 aromatic heterocycles. The summed E-state index contributed by atoms with van der Waals surface area (Å²) in [4.78, 5) is 33.2. The fraction of sp³-hybridized carbons (Fsp3) is 0.389. The Labute approximate surface area is 171 Å². The number of carbonyl (C=O) groups excluding carboxylic acids is 1. The maximum Gasteiger partial charge on any atom is 0.270 e. The number of ether oxygens (including phenoxy) is 2. The molecule has 0 bridgehead atoms. The molecular formula is C18H20ClN5O5. The van der Waals surface area contributed by atoms with Gasteiger partial charge in [0.15, 0.2) is 0 Å². The molecule has 154 valence electrons. The van der Waals surface area contributed by atoms with E-state index < -0.39 is 10.8 Å². The highest BCUT2D eigenvalue weighted by Gasteiger charge is 2.16. The van der Waals surface area contributed by atoms with Crippen molar-refractivity contribution in [3.63, 3.8) is 0 Å². The number of halogens is 1. The molecule has 1 aliphatic rings. The molecule has 10 nitrogen and oxygen atoms in total. The molecule has 1 saturated heterocycles. The second-order valence-corrected chi connectivity index (χ2v) is 6.64. The standard InChI is InChI=1S/C18H20ClN5O5/c1-12-21-16(23-5-8-28-9-6-23)11-17(22-12)29-7-4-20-18(25)14-3-2-13(24(26)27)10-15(14)19/h2-3,10-11H,4-9H2,1H3,(H,20,25). The van der Waals surface area contributed by atoms with Crippen LogP contribution in [0.15, 0.2) is 24.3 Å². The fourth-order valence-electron chi connectivity index (χ4n) is 2.77. The summed E-state index contributed by atoms with van der Waals surface area (Å²) in [6, 6.07) is 5.45. The lowest BCUT2D eigenvalue weighted by atomic mass is 10.2. The number of hydrogen-bond acceptors (Lipinski definition) is 8. The van der Waals surface area contributed by atoms with Crippen molar-refractivity contribution in [1.29, 1.82) is 0 Å². The maximum absolute atomic E-state index is 12.2. The third-order valence-corrected chi connectivity index (χ3v) is 4.49. The fourth-order valence-corrected chi connectivity index (χ4v) is 3.03. The van der Waals surface area contributed by atoms with Gasteiger partial charge in [0.2, 0.25) is 5.88 Å². The van der Waals surface area contributed by atoms with Gasteiger partial charge in [-0.1, -0.05) is 11.6 Å². The predicted octanol–water partition coefficient (Wildman–Crippen LogP) is 1.99. The first-order valence-electron chi connectivity index (χ1n) is 8.97. The summed E-state index contributed by atoms with van der Waals surface area (Å²) in [7, 11) is 0. The van der Waals surface area contributed by atoms with Gasteiger partial charge in [0.05, 0.1) is 35.3 Å². The zero-order chi connectivity index (χ0) is 20.8. The molecule has 1 amide bonds. The van der Waals surface area contributed by atoms with Crippen molar-refractivity contribution < 1.29 is 19.2 Å². The third-order valence-electron chi connectivity index (χ3n) is 4.18. The molecule has 0 spiro atoms. The molecule has 1 aliphatic heterocycles. The third kappa shape index (κ3) is 5.52. The summed E-state index contributed by atoms with van der Waals surface area (Å²) in [5.41, 5.74) is -0.0187. The number of hydrogen-bond donors (Lipinski definition) is 1. The van der Waals surface area contributed by atoms with Crippen LogP contribution in [0.2, 0.25) is 5.02 Å². The molecule has 3 rings (SSSR count). The number of morpholine rings is 1. The summed E-state index contributed by atoms with van der Waals surface area (Å²) >= 11 is 5.96. The lowest BCUT2D eigenvalue weighted by molar-refractivity contribution is -0.384. The van der Waals surface area contributed by atoms with Crippen molar-refractivity contribution in [2.24, 2.45) is 0 Å². The molecule has 29 heavy (non-hydrogen) atoms. The molecular weight excluding hydrogens is 402 g/mol. The van der Waals surface area contributed by atoms with E-state index in [1.807, 2.05) is 0 Å². The Morgan fingerprint density at radius 1 is 1.34 bits per heavy atom. The Bertz CT molecular complexity index is 904. The van der Waals surface area contributed by atoms with Crippen LogP contribution < -0.4 is 15.0 Å². The van der Waals surface area contributed by atoms with Gasteiger partial charge in [-0.15, -0.1) is 0 Å². The number of amides is 1. The van der Waals surface area contributed by atoms with E-state index in [4.69, 9.17) is 21.1 Å². The second kappa shape index (κ2) is 9.48. The Morgan fingerprint density at radius 2 is 2.10 bits per heavy atom. The van der Waals surface area contributed by atoms with Gasteiger partial charge in [0.1, 0.15) is 18.2 Å². The minimum absolute atomic E-state index is 0.0131. The summed E-state index contributed by atoms with van der Waals surface area (Å²) in [6.07, 6.45) is 0. The summed E-state index contributed by atoms with van der Waals surface area (Å²) in [6.45, 7) is 4.99. The molecule has 2 heterocycles. The number of nitrogens with zero attached hydrogens (tertiary/aromatic N) is 4. The monoisotopic (exact) mass is 421 g/mol. The first-order chi connectivity index (χ1) is 13.9. The number of nitrogens with one attached hydrogen (secondary N) is 1. The molecule has 1 aromatic carbocycles. The van der Waals surface area contributed by atoms with Crippen LogP contribution in [0, 0.1) is 17.0 Å². The minimum Gasteiger partial charge on any atom is -0.476 e. The molecule has 0 radical (unpaired) electrons. The zero-order valence-electron chi connectivity index (χ0n) is 15.8. The summed E-state index contributed by atoms with van der Waals surface area (Å²) in [5.74, 6) is 1.34. The number of nitro benzene ring substituents is 1. The molecule has 2 aromatic rings. The van der Waals surface area contributed by atoms with Crippen LogP contribution in [-0.4, -0.2) is 60.3 Å². The number of carbonyl (C=O) groups is 1. The van der Waals surface area contributed by atoms with E-state index in [-0.39, 0.29) is 29.4 Å². The topological polar surface area (TPSA) is 120 Å². The van der Waals surface area contributed by atoms with Gasteiger partial charge in [-0.3, -0.25) is 14.9 Å². The highest BCUT2D eigenvalue weighted by atomic mass is 35.5. The number of anilines is 1. The van der Waals surface area contributed by atoms with Gasteiger partial charge in [0.25, 0.3) is 11.6 Å². The lowest BCUT2D eigenvalue weighted by Gasteiger charge is -2.28. The van der Waals surface area contributed by atoms with Crippen molar-refractivity contribution >= 4 is 29.0 Å². The smallest absolute Gasteiger partial charge is 0.270 e. The normalized spacial score (nSPS) is 13.8. The highest BCUT2D eigenvalue weighted by Crippen LogP contribution is 2.22. The number of nitro groups is 1. The molecule has 0 aliphatic carbocycles. The summed E-state index contributed by atoms with van der Waals surface area (Å²) in [5, 5.41) is 13.4. The first kappa shape index (κ1) is 20.7. The van der Waals surface area contributed by atoms with E-state index in [9.17, 15) is 14.9 Å². The van der Waals surface area contributed by atoms with Crippen LogP contribution in [0.3, 0.4) is 0 Å². The number of benzene rings is 1. The van der Waals surface area contributed by atoms with E-state index in [1.54, 1.807) is 13.0 Å². The number of aryl methyl sites for hydroxylation is 1. The van der Waals surface area contributed by atoms with Crippen LogP contribution in [0.5, 0.6) is 5.88 Å². The minimum atomic E-state index is -0.573. The largest absolute Gasteiger partial charge is 0.476 e. The van der Waals surface area contributed by atoms with Gasteiger partial charge in [-0.05, 0) is 13.0 Å². The van der Waals surface area contributed by atoms with Gasteiger partial charge >= 0.3 is 0 Å². The van der Waals surface area contributed by atoms with E-state index >= 15 is 0 Å². The number of non-ortho nitro benzene ring substituents is 1. The second-order valence-electron chi connectivity index (χ2n) is 6.24. The lowest BCUT2D eigenvalue weighted by Crippen LogP contribution is -2.37. The Morgan fingerprint density at radius 3 is 2.79 bits per heavy atom. The van der Waals surface area contributed by atoms with Crippen molar-refractivity contribution in [2.45, 2.75) is 6.92 Å². The predicted molar refractivity (Wildman–Crippen MR) is 106 cm³/mol.